The summed E-state index contributed by atoms with van der Waals surface area (Å²) in [7, 11) is -13.5. The Bertz CT molecular complexity index is 883. The first-order valence-corrected chi connectivity index (χ1v) is 24.0. The van der Waals surface area contributed by atoms with Crippen molar-refractivity contribution in [1.29, 1.82) is 0 Å². The summed E-state index contributed by atoms with van der Waals surface area (Å²) in [5, 5.41) is 0. The molecule has 0 aliphatic carbocycles. The van der Waals surface area contributed by atoms with Gasteiger partial charge in [-0.1, -0.05) is 194 Å². The molecule has 0 fully saturated rings. The smallest absolute Gasteiger partial charge is 0.726 e. The molecule has 0 atom stereocenters. The average Bonchev–Trinajstić information content (AvgIpc) is 3.04. The minimum Gasteiger partial charge on any atom is -0.726 e. The van der Waals surface area contributed by atoms with Gasteiger partial charge in [0.05, 0.1) is 19.8 Å². The van der Waals surface area contributed by atoms with Gasteiger partial charge in [-0.3, -0.25) is 12.5 Å². The normalized spacial score (nSPS) is 11.7. The van der Waals surface area contributed by atoms with Gasteiger partial charge in [0.2, 0.25) is 31.2 Å². The quantitative estimate of drug-likeness (QED) is 0.0251. The molecular weight excluding hydrogens is 768 g/mol. The molecule has 0 bridgehead atoms. The van der Waals surface area contributed by atoms with Gasteiger partial charge in [-0.05, 0) is 19.3 Å². The van der Waals surface area contributed by atoms with E-state index in [0.29, 0.717) is 19.3 Å². The molecule has 0 rings (SSSR count). The van der Waals surface area contributed by atoms with Gasteiger partial charge in [-0.25, -0.2) is 25.3 Å². The summed E-state index contributed by atoms with van der Waals surface area (Å²) >= 11 is 0. The molecule has 0 heterocycles. The van der Waals surface area contributed by atoms with Crippen molar-refractivity contribution in [3.8, 4) is 0 Å². The van der Waals surface area contributed by atoms with Crippen molar-refractivity contribution in [2.75, 3.05) is 19.8 Å². The topological polar surface area (TPSA) is 199 Å². The van der Waals surface area contributed by atoms with Crippen LogP contribution in [0.25, 0.3) is 0 Å². The molecule has 0 aromatic rings. The first-order chi connectivity index (χ1) is 24.2. The summed E-state index contributed by atoms with van der Waals surface area (Å²) in [6, 6.07) is 0. The number of hydrogen-bond acceptors (Lipinski definition) is 12. The van der Waals surface area contributed by atoms with E-state index < -0.39 is 31.2 Å². The van der Waals surface area contributed by atoms with Crippen LogP contribution in [0.1, 0.15) is 213 Å². The molecule has 0 amide bonds. The van der Waals surface area contributed by atoms with Gasteiger partial charge < -0.3 is 13.7 Å². The van der Waals surface area contributed by atoms with Crippen LogP contribution in [0, 0.1) is 0 Å². The van der Waals surface area contributed by atoms with E-state index in [-0.39, 0.29) is 41.5 Å². The SMILES string of the molecule is CCCCCCCCCCCCOS(=O)(=O)[O-].CCCCCCCCCCCCOS(=O)(=O)[O-].CCCCCCCCCCCCOS(=O)(=O)[O-].[Ti+3]. The molecule has 313 valence electrons. The minimum atomic E-state index is -4.48. The molecule has 0 saturated heterocycles. The van der Waals surface area contributed by atoms with Gasteiger partial charge in [0, 0.05) is 0 Å². The van der Waals surface area contributed by atoms with Crippen molar-refractivity contribution in [2.45, 2.75) is 213 Å². The van der Waals surface area contributed by atoms with E-state index in [0.717, 1.165) is 38.5 Å². The van der Waals surface area contributed by atoms with Crippen molar-refractivity contribution in [3.63, 3.8) is 0 Å². The third-order valence-corrected chi connectivity index (χ3v) is 9.54. The zero-order valence-corrected chi connectivity index (χ0v) is 37.0. The number of rotatable bonds is 36. The van der Waals surface area contributed by atoms with Gasteiger partial charge in [-0.15, -0.1) is 0 Å². The van der Waals surface area contributed by atoms with Gasteiger partial charge in [0.15, 0.2) is 0 Å². The van der Waals surface area contributed by atoms with E-state index in [1.807, 2.05) is 0 Å². The molecule has 0 saturated carbocycles. The van der Waals surface area contributed by atoms with Crippen molar-refractivity contribution in [2.24, 2.45) is 0 Å². The van der Waals surface area contributed by atoms with Crippen LogP contribution in [-0.4, -0.2) is 58.7 Å². The van der Waals surface area contributed by atoms with E-state index in [2.05, 4.69) is 33.3 Å². The first-order valence-electron chi connectivity index (χ1n) is 20.0. The Balaban J connectivity index is -0.000000329. The van der Waals surface area contributed by atoms with Gasteiger partial charge >= 0.3 is 21.7 Å². The summed E-state index contributed by atoms with van der Waals surface area (Å²) in [5.74, 6) is 0. The molecule has 0 unspecified atom stereocenters. The molecule has 1 radical (unpaired) electrons. The molecule has 0 aromatic carbocycles. The van der Waals surface area contributed by atoms with Gasteiger partial charge in [0.25, 0.3) is 0 Å². The van der Waals surface area contributed by atoms with Crippen LogP contribution in [0.3, 0.4) is 0 Å². The van der Waals surface area contributed by atoms with Gasteiger partial charge in [0.1, 0.15) is 0 Å². The van der Waals surface area contributed by atoms with Crippen LogP contribution in [0.15, 0.2) is 0 Å². The van der Waals surface area contributed by atoms with Gasteiger partial charge in [-0.2, -0.15) is 0 Å². The second-order valence-corrected chi connectivity index (χ2v) is 16.4. The first kappa shape index (κ1) is 59.0. The van der Waals surface area contributed by atoms with E-state index in [1.165, 1.54) is 135 Å². The van der Waals surface area contributed by atoms with E-state index in [1.54, 1.807) is 0 Å². The van der Waals surface area contributed by atoms with Crippen LogP contribution >= 0.6 is 0 Å². The molecule has 16 heteroatoms. The molecule has 12 nitrogen and oxygen atoms in total. The predicted octanol–water partition coefficient (Wildman–Crippen LogP) is 10.1. The Kier molecular flexibility index (Phi) is 50.0. The van der Waals surface area contributed by atoms with E-state index in [9.17, 15) is 38.9 Å². The summed E-state index contributed by atoms with van der Waals surface area (Å²) in [6.07, 6.45) is 35.1. The van der Waals surface area contributed by atoms with Crippen LogP contribution in [0.4, 0.5) is 0 Å². The van der Waals surface area contributed by atoms with Crippen molar-refractivity contribution >= 4 is 31.2 Å². The third-order valence-electron chi connectivity index (χ3n) is 8.18. The molecule has 0 spiro atoms. The summed E-state index contributed by atoms with van der Waals surface area (Å²) in [4.78, 5) is 0. The van der Waals surface area contributed by atoms with Crippen LogP contribution in [0.5, 0.6) is 0 Å². The second kappa shape index (κ2) is 44.0. The standard InChI is InChI=1S/3C12H26O4S.Ti/c3*1-2-3-4-5-6-7-8-9-10-11-12-16-17(13,14)15;/h3*2-12H2,1H3,(H,13,14,15);/q;;;+3/p-3. The predicted molar refractivity (Wildman–Crippen MR) is 202 cm³/mol. The Morgan fingerprint density at radius 1 is 0.288 bits per heavy atom. The van der Waals surface area contributed by atoms with Crippen molar-refractivity contribution < 1.29 is 73.2 Å². The fourth-order valence-electron chi connectivity index (χ4n) is 5.25. The van der Waals surface area contributed by atoms with Crippen LogP contribution in [-0.2, 0) is 65.5 Å². The summed E-state index contributed by atoms with van der Waals surface area (Å²) in [6.45, 7) is 6.73. The fraction of sp³-hybridized carbons (Fsp3) is 1.00. The molecule has 0 aliphatic rings. The molecule has 0 aromatic heterocycles. The number of hydrogen-bond donors (Lipinski definition) is 0. The number of unbranched alkanes of at least 4 members (excludes halogenated alkanes) is 27. The maximum Gasteiger partial charge on any atom is 3.00 e. The zero-order valence-electron chi connectivity index (χ0n) is 33.0. The third kappa shape index (κ3) is 68.3. The molecule has 0 aliphatic heterocycles. The second-order valence-electron chi connectivity index (χ2n) is 13.2. The monoisotopic (exact) mass is 843 g/mol. The van der Waals surface area contributed by atoms with Crippen LogP contribution < -0.4 is 0 Å². The maximum atomic E-state index is 10.1. The Morgan fingerprint density at radius 3 is 0.558 bits per heavy atom. The van der Waals surface area contributed by atoms with E-state index >= 15 is 0 Å². The van der Waals surface area contributed by atoms with Crippen LogP contribution in [0.2, 0.25) is 0 Å². The largest absolute Gasteiger partial charge is 3.00 e. The molecular formula is C36H75O12S3Ti. The van der Waals surface area contributed by atoms with E-state index in [4.69, 9.17) is 0 Å². The Labute approximate surface area is 335 Å². The summed E-state index contributed by atoms with van der Waals surface area (Å²) < 4.78 is 103. The average molecular weight is 844 g/mol. The molecule has 52 heavy (non-hydrogen) atoms. The van der Waals surface area contributed by atoms with Crippen molar-refractivity contribution in [1.82, 2.24) is 0 Å². The maximum absolute atomic E-state index is 10.1. The Hall–Kier alpha value is 0.324. The Morgan fingerprint density at radius 2 is 0.423 bits per heavy atom. The zero-order chi connectivity index (χ0) is 39.0. The van der Waals surface area contributed by atoms with Crippen molar-refractivity contribution in [3.05, 3.63) is 0 Å². The minimum absolute atomic E-state index is 0. The fourth-order valence-corrected chi connectivity index (χ4v) is 6.22. The molecule has 0 N–H and O–H groups in total. The summed E-state index contributed by atoms with van der Waals surface area (Å²) in [5.41, 5.74) is 0.